The van der Waals surface area contributed by atoms with E-state index in [2.05, 4.69) is 5.32 Å². The number of hydrogen-bond donors (Lipinski definition) is 1. The minimum Gasteiger partial charge on any atom is -0.311 e. The lowest BCUT2D eigenvalue weighted by atomic mass is 10.2. The van der Waals surface area contributed by atoms with Gasteiger partial charge >= 0.3 is 0 Å². The van der Waals surface area contributed by atoms with Crippen molar-refractivity contribution in [2.75, 3.05) is 13.1 Å². The van der Waals surface area contributed by atoms with E-state index in [1.807, 2.05) is 33.8 Å². The Morgan fingerprint density at radius 1 is 1.37 bits per heavy atom. The van der Waals surface area contributed by atoms with Crippen molar-refractivity contribution in [3.63, 3.8) is 0 Å². The highest BCUT2D eigenvalue weighted by atomic mass is 35.5. The van der Waals surface area contributed by atoms with Gasteiger partial charge in [-0.2, -0.15) is 4.31 Å². The third-order valence-corrected chi connectivity index (χ3v) is 6.99. The van der Waals surface area contributed by atoms with Crippen LogP contribution in [0.15, 0.2) is 10.3 Å². The Hall–Kier alpha value is -0.140. The second-order valence-corrected chi connectivity index (χ2v) is 8.40. The predicted octanol–water partition coefficient (Wildman–Crippen LogP) is 2.16. The van der Waals surface area contributed by atoms with Crippen LogP contribution >= 0.6 is 23.7 Å². The van der Waals surface area contributed by atoms with E-state index in [1.165, 1.54) is 11.3 Å². The van der Waals surface area contributed by atoms with E-state index in [9.17, 15) is 8.42 Å². The summed E-state index contributed by atoms with van der Waals surface area (Å²) in [6, 6.07) is 2.15. The molecular formula is C12H21ClN2O2S2. The number of hydrogen-bond acceptors (Lipinski definition) is 4. The molecule has 0 spiro atoms. The number of aryl methyl sites for hydroxylation is 2. The predicted molar refractivity (Wildman–Crippen MR) is 81.9 cm³/mol. The molecule has 0 aliphatic carbocycles. The van der Waals surface area contributed by atoms with Crippen LogP contribution in [0.5, 0.6) is 0 Å². The molecule has 0 aromatic carbocycles. The molecule has 7 heteroatoms. The number of rotatable bonds is 2. The third kappa shape index (κ3) is 3.31. The maximum Gasteiger partial charge on any atom is 0.253 e. The van der Waals surface area contributed by atoms with Gasteiger partial charge in [-0.25, -0.2) is 8.42 Å². The highest BCUT2D eigenvalue weighted by Crippen LogP contribution is 2.30. The molecule has 1 N–H and O–H groups in total. The highest BCUT2D eigenvalue weighted by Gasteiger charge is 2.35. The Bertz CT molecular complexity index is 542. The van der Waals surface area contributed by atoms with Crippen molar-refractivity contribution in [1.29, 1.82) is 0 Å². The number of sulfonamides is 1. The van der Waals surface area contributed by atoms with Gasteiger partial charge in [-0.1, -0.05) is 0 Å². The molecule has 2 heterocycles. The number of halogens is 1. The maximum absolute atomic E-state index is 12.7. The van der Waals surface area contributed by atoms with Crippen LogP contribution in [0.25, 0.3) is 0 Å². The van der Waals surface area contributed by atoms with E-state index in [1.54, 1.807) is 4.31 Å². The summed E-state index contributed by atoms with van der Waals surface area (Å²) in [5.74, 6) is 0. The molecule has 2 rings (SSSR count). The second-order valence-electron chi connectivity index (χ2n) is 5.06. The molecule has 0 amide bonds. The van der Waals surface area contributed by atoms with Gasteiger partial charge in [-0.15, -0.1) is 23.7 Å². The lowest BCUT2D eigenvalue weighted by Gasteiger charge is -2.36. The molecule has 1 aromatic heterocycles. The van der Waals surface area contributed by atoms with Crippen LogP contribution in [0.1, 0.15) is 24.3 Å². The first-order valence-corrected chi connectivity index (χ1v) is 8.40. The van der Waals surface area contributed by atoms with Crippen LogP contribution in [0.4, 0.5) is 0 Å². The molecule has 1 fully saturated rings. The van der Waals surface area contributed by atoms with Crippen LogP contribution in [0.2, 0.25) is 0 Å². The van der Waals surface area contributed by atoms with Gasteiger partial charge in [-0.3, -0.25) is 0 Å². The van der Waals surface area contributed by atoms with Gasteiger partial charge < -0.3 is 5.32 Å². The van der Waals surface area contributed by atoms with Gasteiger partial charge in [0, 0.05) is 30.1 Å². The lowest BCUT2D eigenvalue weighted by molar-refractivity contribution is 0.245. The standard InChI is InChI=1S/C12H20N2O2S2.ClH/c1-8-5-11(4)17-12(8)18(15,16)14-7-9(2)13-6-10(14)3;/h5,9-10,13H,6-7H2,1-4H3;1H. The number of thiophene rings is 1. The molecule has 2 unspecified atom stereocenters. The first-order chi connectivity index (χ1) is 8.32. The average molecular weight is 325 g/mol. The molecule has 0 saturated carbocycles. The van der Waals surface area contributed by atoms with Gasteiger partial charge in [0.05, 0.1) is 0 Å². The van der Waals surface area contributed by atoms with Crippen molar-refractivity contribution in [2.24, 2.45) is 0 Å². The SMILES string of the molecule is Cc1cc(C)c(S(=O)(=O)N2CC(C)NCC2C)s1.Cl. The molecular weight excluding hydrogens is 304 g/mol. The van der Waals surface area contributed by atoms with Gasteiger partial charge in [0.1, 0.15) is 4.21 Å². The summed E-state index contributed by atoms with van der Waals surface area (Å²) >= 11 is 1.37. The summed E-state index contributed by atoms with van der Waals surface area (Å²) in [7, 11) is -3.34. The van der Waals surface area contributed by atoms with Crippen LogP contribution in [-0.2, 0) is 10.0 Å². The van der Waals surface area contributed by atoms with E-state index < -0.39 is 10.0 Å². The van der Waals surface area contributed by atoms with Crippen molar-refractivity contribution >= 4 is 33.8 Å². The fourth-order valence-corrected chi connectivity index (χ4v) is 5.80. The van der Waals surface area contributed by atoms with Crippen molar-refractivity contribution in [1.82, 2.24) is 9.62 Å². The number of nitrogens with one attached hydrogen (secondary N) is 1. The largest absolute Gasteiger partial charge is 0.311 e. The minimum atomic E-state index is -3.34. The topological polar surface area (TPSA) is 49.4 Å². The van der Waals surface area contributed by atoms with Crippen LogP contribution < -0.4 is 5.32 Å². The summed E-state index contributed by atoms with van der Waals surface area (Å²) in [6.07, 6.45) is 0. The normalized spacial score (nSPS) is 25.1. The molecule has 19 heavy (non-hydrogen) atoms. The van der Waals surface area contributed by atoms with Crippen molar-refractivity contribution in [2.45, 2.75) is 44.0 Å². The summed E-state index contributed by atoms with van der Waals surface area (Å²) < 4.78 is 27.5. The Kier molecular flexibility index (Phi) is 5.43. The van der Waals surface area contributed by atoms with E-state index in [0.29, 0.717) is 17.3 Å². The zero-order valence-corrected chi connectivity index (χ0v) is 14.1. The van der Waals surface area contributed by atoms with Gasteiger partial charge in [0.2, 0.25) is 0 Å². The first-order valence-electron chi connectivity index (χ1n) is 6.14. The van der Waals surface area contributed by atoms with E-state index in [0.717, 1.165) is 10.4 Å². The third-order valence-electron chi connectivity index (χ3n) is 3.25. The molecule has 1 aliphatic rings. The lowest BCUT2D eigenvalue weighted by Crippen LogP contribution is -2.56. The molecule has 1 aromatic rings. The van der Waals surface area contributed by atoms with Crippen molar-refractivity contribution in [3.8, 4) is 0 Å². The average Bonchev–Trinajstić information content (AvgIpc) is 2.62. The smallest absolute Gasteiger partial charge is 0.253 e. The van der Waals surface area contributed by atoms with Crippen LogP contribution in [-0.4, -0.2) is 37.9 Å². The van der Waals surface area contributed by atoms with Gasteiger partial charge in [-0.05, 0) is 39.3 Å². The van der Waals surface area contributed by atoms with E-state index in [-0.39, 0.29) is 24.5 Å². The van der Waals surface area contributed by atoms with Crippen molar-refractivity contribution < 1.29 is 8.42 Å². The molecule has 2 atom stereocenters. The van der Waals surface area contributed by atoms with Gasteiger partial charge in [0.25, 0.3) is 10.0 Å². The van der Waals surface area contributed by atoms with Crippen LogP contribution in [0, 0.1) is 13.8 Å². The first kappa shape index (κ1) is 16.9. The Morgan fingerprint density at radius 3 is 2.53 bits per heavy atom. The summed E-state index contributed by atoms with van der Waals surface area (Å²) in [6.45, 7) is 9.03. The van der Waals surface area contributed by atoms with E-state index in [4.69, 9.17) is 0 Å². The highest BCUT2D eigenvalue weighted by molar-refractivity contribution is 7.91. The zero-order valence-electron chi connectivity index (χ0n) is 11.6. The number of nitrogens with zero attached hydrogens (tertiary/aromatic N) is 1. The fraction of sp³-hybridized carbons (Fsp3) is 0.667. The summed E-state index contributed by atoms with van der Waals surface area (Å²) in [5.41, 5.74) is 0.857. The molecule has 0 radical (unpaired) electrons. The number of piperazine rings is 1. The molecule has 1 saturated heterocycles. The van der Waals surface area contributed by atoms with Crippen molar-refractivity contribution in [3.05, 3.63) is 16.5 Å². The zero-order chi connectivity index (χ0) is 13.5. The quantitative estimate of drug-likeness (QED) is 0.907. The Labute approximate surface area is 125 Å². The maximum atomic E-state index is 12.7. The second kappa shape index (κ2) is 6.10. The molecule has 110 valence electrons. The minimum absolute atomic E-state index is 0. The Morgan fingerprint density at radius 2 is 2.00 bits per heavy atom. The van der Waals surface area contributed by atoms with E-state index >= 15 is 0 Å². The molecule has 0 bridgehead atoms. The monoisotopic (exact) mass is 324 g/mol. The summed E-state index contributed by atoms with van der Waals surface area (Å²) in [4.78, 5) is 1.04. The fourth-order valence-electron chi connectivity index (χ4n) is 2.31. The molecule has 1 aliphatic heterocycles. The molecule has 4 nitrogen and oxygen atoms in total. The van der Waals surface area contributed by atoms with Crippen LogP contribution in [0.3, 0.4) is 0 Å². The Balaban J connectivity index is 0.00000180. The summed E-state index contributed by atoms with van der Waals surface area (Å²) in [5, 5.41) is 3.30. The van der Waals surface area contributed by atoms with Gasteiger partial charge in [0.15, 0.2) is 0 Å².